The number of non-ortho nitro benzene ring substituents is 1. The first-order valence-electron chi connectivity index (χ1n) is 7.17. The molecule has 0 heterocycles. The molecule has 0 aliphatic carbocycles. The van der Waals surface area contributed by atoms with Crippen LogP contribution in [-0.4, -0.2) is 30.5 Å². The standard InChI is InChI=1S/C17H20N2O3.ClH/c1-18(2)12-11-17(14-7-4-3-5-8-14)22-16-10-6-9-15(13-16)19(20)21;/h3-10,13,17H,11-12H2,1-2H3;1H. The topological polar surface area (TPSA) is 55.6 Å². The molecule has 0 spiro atoms. The lowest BCUT2D eigenvalue weighted by molar-refractivity contribution is -0.385. The molecule has 0 saturated heterocycles. The summed E-state index contributed by atoms with van der Waals surface area (Å²) in [6, 6.07) is 16.2. The van der Waals surface area contributed by atoms with Crippen LogP contribution >= 0.6 is 12.4 Å². The third-order valence-electron chi connectivity index (χ3n) is 3.32. The number of halogens is 1. The molecule has 0 radical (unpaired) electrons. The van der Waals surface area contributed by atoms with Crippen molar-refractivity contribution < 1.29 is 9.66 Å². The first-order valence-corrected chi connectivity index (χ1v) is 7.17. The van der Waals surface area contributed by atoms with Gasteiger partial charge in [-0.2, -0.15) is 0 Å². The van der Waals surface area contributed by atoms with E-state index in [2.05, 4.69) is 4.90 Å². The number of nitro groups is 1. The number of ether oxygens (including phenoxy) is 1. The molecule has 2 rings (SSSR count). The van der Waals surface area contributed by atoms with Crippen molar-refractivity contribution in [1.82, 2.24) is 4.90 Å². The van der Waals surface area contributed by atoms with Gasteiger partial charge in [-0.25, -0.2) is 0 Å². The Morgan fingerprint density at radius 3 is 2.43 bits per heavy atom. The molecule has 0 aliphatic heterocycles. The summed E-state index contributed by atoms with van der Waals surface area (Å²) in [5.41, 5.74) is 1.10. The number of hydrogen-bond acceptors (Lipinski definition) is 4. The number of rotatable bonds is 7. The van der Waals surface area contributed by atoms with Gasteiger partial charge < -0.3 is 9.64 Å². The summed E-state index contributed by atoms with van der Waals surface area (Å²) in [5, 5.41) is 10.9. The average Bonchev–Trinajstić information content (AvgIpc) is 2.52. The Morgan fingerprint density at radius 1 is 1.13 bits per heavy atom. The van der Waals surface area contributed by atoms with Crippen LogP contribution in [0.5, 0.6) is 5.75 Å². The molecule has 0 bridgehead atoms. The minimum absolute atomic E-state index is 0. The molecule has 2 aromatic rings. The van der Waals surface area contributed by atoms with E-state index in [9.17, 15) is 10.1 Å². The van der Waals surface area contributed by atoms with Crippen molar-refractivity contribution in [3.05, 3.63) is 70.3 Å². The predicted octanol–water partition coefficient (Wildman–Crippen LogP) is 4.09. The van der Waals surface area contributed by atoms with E-state index in [-0.39, 0.29) is 24.2 Å². The lowest BCUT2D eigenvalue weighted by atomic mass is 10.1. The molecule has 124 valence electrons. The number of nitro benzene ring substituents is 1. The quantitative estimate of drug-likeness (QED) is 0.564. The second-order valence-electron chi connectivity index (χ2n) is 5.36. The summed E-state index contributed by atoms with van der Waals surface area (Å²) < 4.78 is 6.01. The molecule has 0 fully saturated rings. The van der Waals surface area contributed by atoms with Crippen LogP contribution in [-0.2, 0) is 0 Å². The Hall–Kier alpha value is -2.11. The van der Waals surface area contributed by atoms with Crippen LogP contribution in [0.3, 0.4) is 0 Å². The maximum absolute atomic E-state index is 10.9. The van der Waals surface area contributed by atoms with Crippen molar-refractivity contribution in [2.24, 2.45) is 0 Å². The third kappa shape index (κ3) is 5.88. The molecule has 1 unspecified atom stereocenters. The van der Waals surface area contributed by atoms with Gasteiger partial charge in [0.25, 0.3) is 5.69 Å². The smallest absolute Gasteiger partial charge is 0.273 e. The van der Waals surface area contributed by atoms with Gasteiger partial charge in [-0.3, -0.25) is 10.1 Å². The van der Waals surface area contributed by atoms with Gasteiger partial charge in [0, 0.05) is 19.0 Å². The second-order valence-corrected chi connectivity index (χ2v) is 5.36. The van der Waals surface area contributed by atoms with Gasteiger partial charge in [0.05, 0.1) is 11.0 Å². The number of hydrogen-bond donors (Lipinski definition) is 0. The Morgan fingerprint density at radius 2 is 1.83 bits per heavy atom. The zero-order chi connectivity index (χ0) is 15.9. The Balaban J connectivity index is 0.00000264. The first-order chi connectivity index (χ1) is 10.6. The van der Waals surface area contributed by atoms with E-state index >= 15 is 0 Å². The highest BCUT2D eigenvalue weighted by atomic mass is 35.5. The fraction of sp³-hybridized carbons (Fsp3) is 0.294. The van der Waals surface area contributed by atoms with E-state index in [1.165, 1.54) is 12.1 Å². The van der Waals surface area contributed by atoms with E-state index in [0.29, 0.717) is 5.75 Å². The molecular weight excluding hydrogens is 316 g/mol. The lowest BCUT2D eigenvalue weighted by Gasteiger charge is -2.21. The summed E-state index contributed by atoms with van der Waals surface area (Å²) in [6.07, 6.45) is 0.672. The highest BCUT2D eigenvalue weighted by Crippen LogP contribution is 2.27. The summed E-state index contributed by atoms with van der Waals surface area (Å²) in [4.78, 5) is 12.5. The van der Waals surface area contributed by atoms with E-state index < -0.39 is 4.92 Å². The van der Waals surface area contributed by atoms with Crippen LogP contribution in [0, 0.1) is 10.1 Å². The van der Waals surface area contributed by atoms with Crippen LogP contribution in [0.2, 0.25) is 0 Å². The predicted molar refractivity (Wildman–Crippen MR) is 93.3 cm³/mol. The zero-order valence-corrected chi connectivity index (χ0v) is 14.0. The fourth-order valence-electron chi connectivity index (χ4n) is 2.17. The van der Waals surface area contributed by atoms with Gasteiger partial charge in [0.15, 0.2) is 0 Å². The van der Waals surface area contributed by atoms with E-state index in [1.807, 2.05) is 44.4 Å². The molecule has 2 aromatic carbocycles. The summed E-state index contributed by atoms with van der Waals surface area (Å²) in [7, 11) is 4.02. The Bertz CT molecular complexity index is 620. The normalized spacial score (nSPS) is 11.6. The SMILES string of the molecule is CN(C)CCC(Oc1cccc([N+](=O)[O-])c1)c1ccccc1.Cl. The monoisotopic (exact) mass is 336 g/mol. The Labute approximate surface area is 142 Å². The highest BCUT2D eigenvalue weighted by molar-refractivity contribution is 5.85. The summed E-state index contributed by atoms with van der Waals surface area (Å²) in [5.74, 6) is 0.516. The van der Waals surface area contributed by atoms with E-state index in [1.54, 1.807) is 12.1 Å². The van der Waals surface area contributed by atoms with Crippen LogP contribution in [0.15, 0.2) is 54.6 Å². The van der Waals surface area contributed by atoms with Crippen molar-refractivity contribution in [1.29, 1.82) is 0 Å². The number of nitrogens with zero attached hydrogens (tertiary/aromatic N) is 2. The molecule has 5 nitrogen and oxygen atoms in total. The van der Waals surface area contributed by atoms with Crippen LogP contribution < -0.4 is 4.74 Å². The molecule has 1 atom stereocenters. The molecule has 6 heteroatoms. The van der Waals surface area contributed by atoms with Crippen molar-refractivity contribution in [2.45, 2.75) is 12.5 Å². The molecule has 0 aromatic heterocycles. The van der Waals surface area contributed by atoms with Crippen molar-refractivity contribution in [2.75, 3.05) is 20.6 Å². The van der Waals surface area contributed by atoms with Gasteiger partial charge in [-0.1, -0.05) is 36.4 Å². The van der Waals surface area contributed by atoms with Crippen LogP contribution in [0.4, 0.5) is 5.69 Å². The van der Waals surface area contributed by atoms with Crippen LogP contribution in [0.1, 0.15) is 18.1 Å². The number of benzene rings is 2. The molecule has 0 saturated carbocycles. The minimum Gasteiger partial charge on any atom is -0.485 e. The van der Waals surface area contributed by atoms with E-state index in [4.69, 9.17) is 4.74 Å². The van der Waals surface area contributed by atoms with Crippen molar-refractivity contribution >= 4 is 18.1 Å². The van der Waals surface area contributed by atoms with Crippen LogP contribution in [0.25, 0.3) is 0 Å². The van der Waals surface area contributed by atoms with Crippen molar-refractivity contribution in [3.63, 3.8) is 0 Å². The maximum Gasteiger partial charge on any atom is 0.273 e. The third-order valence-corrected chi connectivity index (χ3v) is 3.32. The van der Waals surface area contributed by atoms with Gasteiger partial charge >= 0.3 is 0 Å². The highest BCUT2D eigenvalue weighted by Gasteiger charge is 2.15. The summed E-state index contributed by atoms with van der Waals surface area (Å²) in [6.45, 7) is 0.870. The Kier molecular flexibility index (Phi) is 7.51. The molecule has 23 heavy (non-hydrogen) atoms. The first kappa shape index (κ1) is 18.9. The lowest BCUT2D eigenvalue weighted by Crippen LogP contribution is -2.18. The zero-order valence-electron chi connectivity index (χ0n) is 13.2. The largest absolute Gasteiger partial charge is 0.485 e. The van der Waals surface area contributed by atoms with Gasteiger partial charge in [-0.05, 0) is 25.7 Å². The molecule has 0 amide bonds. The maximum atomic E-state index is 10.9. The van der Waals surface area contributed by atoms with E-state index in [0.717, 1.165) is 18.5 Å². The fourth-order valence-corrected chi connectivity index (χ4v) is 2.17. The molecule has 0 aliphatic rings. The minimum atomic E-state index is -0.412. The molecular formula is C17H21ClN2O3. The van der Waals surface area contributed by atoms with Gasteiger partial charge in [0.2, 0.25) is 0 Å². The van der Waals surface area contributed by atoms with Crippen molar-refractivity contribution in [3.8, 4) is 5.75 Å². The molecule has 0 N–H and O–H groups in total. The van der Waals surface area contributed by atoms with Gasteiger partial charge in [-0.15, -0.1) is 12.4 Å². The van der Waals surface area contributed by atoms with Gasteiger partial charge in [0.1, 0.15) is 11.9 Å². The second kappa shape index (κ2) is 9.12. The average molecular weight is 337 g/mol. The summed E-state index contributed by atoms with van der Waals surface area (Å²) >= 11 is 0.